The van der Waals surface area contributed by atoms with Crippen LogP contribution >= 0.6 is 15.9 Å². The van der Waals surface area contributed by atoms with Crippen LogP contribution in [0.25, 0.3) is 0 Å². The smallest absolute Gasteiger partial charge is 0.305 e. The number of rotatable bonds is 2. The Hall–Kier alpha value is -2.48. The maximum absolute atomic E-state index is 11.9. The van der Waals surface area contributed by atoms with Crippen molar-refractivity contribution in [2.45, 2.75) is 0 Å². The highest BCUT2D eigenvalue weighted by Crippen LogP contribution is 2.32. The van der Waals surface area contributed by atoms with Gasteiger partial charge in [0.15, 0.2) is 21.9 Å². The molecular weight excluding hydrogens is 344 g/mol. The summed E-state index contributed by atoms with van der Waals surface area (Å²) in [5, 5.41) is 0. The van der Waals surface area contributed by atoms with Crippen LogP contribution in [0.3, 0.4) is 0 Å². The van der Waals surface area contributed by atoms with E-state index in [1.54, 1.807) is 18.2 Å². The van der Waals surface area contributed by atoms with Crippen LogP contribution in [0.4, 0.5) is 0 Å². The molecule has 8 heteroatoms. The lowest BCUT2D eigenvalue weighted by Gasteiger charge is -2.06. The number of benzene rings is 1. The minimum Gasteiger partial charge on any atom is -0.454 e. The Balaban J connectivity index is 1.63. The van der Waals surface area contributed by atoms with Crippen molar-refractivity contribution in [3.8, 4) is 11.5 Å². The lowest BCUT2D eigenvalue weighted by Crippen LogP contribution is -2.41. The molecule has 1 aliphatic heterocycles. The van der Waals surface area contributed by atoms with Crippen molar-refractivity contribution in [1.82, 2.24) is 10.9 Å². The van der Waals surface area contributed by atoms with Gasteiger partial charge in [0.2, 0.25) is 6.79 Å². The average Bonchev–Trinajstić information content (AvgIpc) is 3.12. The highest BCUT2D eigenvalue weighted by atomic mass is 79.9. The first-order valence-corrected chi connectivity index (χ1v) is 6.68. The molecule has 2 heterocycles. The summed E-state index contributed by atoms with van der Waals surface area (Å²) in [5.41, 5.74) is 4.87. The first-order valence-electron chi connectivity index (χ1n) is 5.89. The maximum atomic E-state index is 11.9. The molecule has 1 aromatic carbocycles. The van der Waals surface area contributed by atoms with E-state index in [4.69, 9.17) is 13.9 Å². The lowest BCUT2D eigenvalue weighted by atomic mass is 10.2. The summed E-state index contributed by atoms with van der Waals surface area (Å²) in [6.45, 7) is 0.129. The van der Waals surface area contributed by atoms with Crippen molar-refractivity contribution in [2.24, 2.45) is 0 Å². The molecule has 0 fully saturated rings. The fourth-order valence-electron chi connectivity index (χ4n) is 1.72. The molecule has 1 aliphatic rings. The average molecular weight is 353 g/mol. The van der Waals surface area contributed by atoms with Gasteiger partial charge in [-0.25, -0.2) is 0 Å². The molecule has 3 rings (SSSR count). The maximum Gasteiger partial charge on any atom is 0.305 e. The van der Waals surface area contributed by atoms with E-state index in [-0.39, 0.29) is 12.6 Å². The van der Waals surface area contributed by atoms with Gasteiger partial charge in [-0.1, -0.05) is 0 Å². The van der Waals surface area contributed by atoms with Gasteiger partial charge >= 0.3 is 5.91 Å². The van der Waals surface area contributed by atoms with E-state index in [0.717, 1.165) is 0 Å². The number of hydrogen-bond donors (Lipinski definition) is 2. The Labute approximate surface area is 127 Å². The number of ether oxygens (including phenoxy) is 2. The van der Waals surface area contributed by atoms with E-state index >= 15 is 0 Å². The van der Waals surface area contributed by atoms with Gasteiger partial charge in [0.25, 0.3) is 5.91 Å². The summed E-state index contributed by atoms with van der Waals surface area (Å²) >= 11 is 3.09. The number of carbonyl (C=O) groups is 2. The van der Waals surface area contributed by atoms with Crippen LogP contribution in [0.15, 0.2) is 39.4 Å². The SMILES string of the molecule is O=C(NNC(=O)c1ccc(Br)o1)c1ccc2c(c1)OCO2. The number of halogens is 1. The molecule has 2 amide bonds. The molecule has 0 radical (unpaired) electrons. The highest BCUT2D eigenvalue weighted by molar-refractivity contribution is 9.10. The minimum absolute atomic E-state index is 0.0767. The van der Waals surface area contributed by atoms with Crippen molar-refractivity contribution in [2.75, 3.05) is 6.79 Å². The van der Waals surface area contributed by atoms with Crippen molar-refractivity contribution in [1.29, 1.82) is 0 Å². The van der Waals surface area contributed by atoms with Crippen molar-refractivity contribution < 1.29 is 23.5 Å². The van der Waals surface area contributed by atoms with Gasteiger partial charge < -0.3 is 13.9 Å². The zero-order chi connectivity index (χ0) is 14.8. The number of furan rings is 1. The molecule has 0 saturated carbocycles. The summed E-state index contributed by atoms with van der Waals surface area (Å²) in [4.78, 5) is 23.6. The van der Waals surface area contributed by atoms with E-state index in [1.807, 2.05) is 0 Å². The molecule has 2 N–H and O–H groups in total. The second-order valence-corrected chi connectivity index (χ2v) is 4.86. The molecule has 1 aromatic heterocycles. The molecule has 0 spiro atoms. The number of fused-ring (bicyclic) bond motifs is 1. The molecule has 2 aromatic rings. The van der Waals surface area contributed by atoms with E-state index in [2.05, 4.69) is 26.8 Å². The predicted molar refractivity (Wildman–Crippen MR) is 73.9 cm³/mol. The number of carbonyl (C=O) groups excluding carboxylic acids is 2. The van der Waals surface area contributed by atoms with E-state index in [9.17, 15) is 9.59 Å². The zero-order valence-corrected chi connectivity index (χ0v) is 12.1. The van der Waals surface area contributed by atoms with Gasteiger partial charge in [-0.15, -0.1) is 0 Å². The third kappa shape index (κ3) is 2.84. The van der Waals surface area contributed by atoms with Crippen molar-refractivity contribution in [3.05, 3.63) is 46.3 Å². The van der Waals surface area contributed by atoms with Gasteiger partial charge in [0.05, 0.1) is 0 Å². The first kappa shape index (κ1) is 13.5. The van der Waals surface area contributed by atoms with E-state index in [0.29, 0.717) is 21.7 Å². The van der Waals surface area contributed by atoms with Gasteiger partial charge in [-0.05, 0) is 46.3 Å². The second kappa shape index (κ2) is 5.49. The number of hydrazine groups is 1. The van der Waals surface area contributed by atoms with Crippen LogP contribution in [-0.2, 0) is 0 Å². The minimum atomic E-state index is -0.560. The Morgan fingerprint density at radius 1 is 1.00 bits per heavy atom. The normalized spacial score (nSPS) is 12.0. The highest BCUT2D eigenvalue weighted by Gasteiger charge is 2.17. The number of amides is 2. The summed E-state index contributed by atoms with van der Waals surface area (Å²) < 4.78 is 15.8. The third-order valence-electron chi connectivity index (χ3n) is 2.72. The Morgan fingerprint density at radius 3 is 2.52 bits per heavy atom. The van der Waals surface area contributed by atoms with Gasteiger partial charge in [0.1, 0.15) is 0 Å². The van der Waals surface area contributed by atoms with Gasteiger partial charge in [0, 0.05) is 5.56 Å². The monoisotopic (exact) mass is 352 g/mol. The predicted octanol–water partition coefficient (Wildman–Crippen LogP) is 1.85. The fraction of sp³-hybridized carbons (Fsp3) is 0.0769. The fourth-order valence-corrected chi connectivity index (χ4v) is 2.03. The largest absolute Gasteiger partial charge is 0.454 e. The van der Waals surface area contributed by atoms with Gasteiger partial charge in [-0.2, -0.15) is 0 Å². The Bertz CT molecular complexity index is 712. The van der Waals surface area contributed by atoms with Crippen molar-refractivity contribution in [3.63, 3.8) is 0 Å². The molecule has 0 bridgehead atoms. The standard InChI is InChI=1S/C13H9BrN2O5/c14-11-4-3-9(21-11)13(18)16-15-12(17)7-1-2-8-10(5-7)20-6-19-8/h1-5H,6H2,(H,15,17)(H,16,18). The zero-order valence-electron chi connectivity index (χ0n) is 10.5. The summed E-state index contributed by atoms with van der Waals surface area (Å²) in [5.74, 6) is 0.106. The van der Waals surface area contributed by atoms with E-state index in [1.165, 1.54) is 12.1 Å². The molecule has 108 valence electrons. The van der Waals surface area contributed by atoms with Crippen LogP contribution < -0.4 is 20.3 Å². The molecule has 7 nitrogen and oxygen atoms in total. The Kier molecular flexibility index (Phi) is 3.53. The van der Waals surface area contributed by atoms with Gasteiger partial charge in [-0.3, -0.25) is 20.4 Å². The summed E-state index contributed by atoms with van der Waals surface area (Å²) in [6, 6.07) is 7.79. The Morgan fingerprint density at radius 2 is 1.76 bits per heavy atom. The van der Waals surface area contributed by atoms with Crippen LogP contribution in [0, 0.1) is 0 Å². The van der Waals surface area contributed by atoms with E-state index < -0.39 is 11.8 Å². The second-order valence-electron chi connectivity index (χ2n) is 4.08. The molecule has 0 aliphatic carbocycles. The van der Waals surface area contributed by atoms with Crippen LogP contribution in [0.2, 0.25) is 0 Å². The molecule has 0 unspecified atom stereocenters. The third-order valence-corrected chi connectivity index (χ3v) is 3.15. The van der Waals surface area contributed by atoms with Crippen molar-refractivity contribution >= 4 is 27.7 Å². The molecular formula is C13H9BrN2O5. The topological polar surface area (TPSA) is 89.8 Å². The lowest BCUT2D eigenvalue weighted by molar-refractivity contribution is 0.0830. The molecule has 21 heavy (non-hydrogen) atoms. The quantitative estimate of drug-likeness (QED) is 0.805. The molecule has 0 atom stereocenters. The summed E-state index contributed by atoms with van der Waals surface area (Å²) in [6.07, 6.45) is 0. The first-order chi connectivity index (χ1) is 10.1. The summed E-state index contributed by atoms with van der Waals surface area (Å²) in [7, 11) is 0. The number of hydrogen-bond acceptors (Lipinski definition) is 5. The number of nitrogens with one attached hydrogen (secondary N) is 2. The van der Waals surface area contributed by atoms with Crippen LogP contribution in [0.1, 0.15) is 20.9 Å². The molecule has 0 saturated heterocycles. The van der Waals surface area contributed by atoms with Crippen LogP contribution in [-0.4, -0.2) is 18.6 Å². The van der Waals surface area contributed by atoms with Crippen LogP contribution in [0.5, 0.6) is 11.5 Å².